The molecule has 212 valence electrons. The Kier molecular flexibility index (Phi) is 8.25. The molecule has 0 amide bonds. The van der Waals surface area contributed by atoms with Crippen molar-refractivity contribution >= 4 is 16.0 Å². The molecule has 13 heteroatoms. The van der Waals surface area contributed by atoms with E-state index in [1.54, 1.807) is 41.2 Å². The number of piperidine rings is 1. The minimum Gasteiger partial charge on any atom is -0.438 e. The second-order valence-corrected chi connectivity index (χ2v) is 11.7. The van der Waals surface area contributed by atoms with Crippen LogP contribution in [-0.4, -0.2) is 57.4 Å². The van der Waals surface area contributed by atoms with Gasteiger partial charge in [0, 0.05) is 37.9 Å². The third-order valence-corrected chi connectivity index (χ3v) is 7.84. The molecule has 2 aromatic heterocycles. The van der Waals surface area contributed by atoms with Crippen LogP contribution in [0.5, 0.6) is 11.6 Å². The first-order chi connectivity index (χ1) is 19.7. The fraction of sp³-hybridized carbons (Fsp3) is 0.321. The van der Waals surface area contributed by atoms with Crippen LogP contribution < -0.4 is 15.2 Å². The van der Waals surface area contributed by atoms with Gasteiger partial charge in [0.1, 0.15) is 5.75 Å². The maximum Gasteiger partial charge on any atom is 0.238 e. The van der Waals surface area contributed by atoms with Crippen molar-refractivity contribution < 1.29 is 13.2 Å². The average molecular weight is 574 g/mol. The van der Waals surface area contributed by atoms with Crippen LogP contribution in [0.25, 0.3) is 0 Å². The first-order valence-corrected chi connectivity index (χ1v) is 14.7. The van der Waals surface area contributed by atoms with E-state index < -0.39 is 10.0 Å². The highest BCUT2D eigenvalue weighted by Gasteiger charge is 2.21. The summed E-state index contributed by atoms with van der Waals surface area (Å²) in [6.45, 7) is 6.78. The Bertz CT molecular complexity index is 1650. The molecule has 41 heavy (non-hydrogen) atoms. The summed E-state index contributed by atoms with van der Waals surface area (Å²) in [5.41, 5.74) is 4.13. The van der Waals surface area contributed by atoms with E-state index in [9.17, 15) is 13.7 Å². The molecule has 1 aliphatic heterocycles. The van der Waals surface area contributed by atoms with E-state index in [-0.39, 0.29) is 10.9 Å². The van der Waals surface area contributed by atoms with Gasteiger partial charge in [0.25, 0.3) is 0 Å². The molecule has 3 heterocycles. The van der Waals surface area contributed by atoms with Gasteiger partial charge in [-0.1, -0.05) is 17.3 Å². The molecular weight excluding hydrogens is 542 g/mol. The molecule has 0 spiro atoms. The lowest BCUT2D eigenvalue weighted by atomic mass is 10.1. The van der Waals surface area contributed by atoms with Crippen molar-refractivity contribution in [2.45, 2.75) is 50.7 Å². The number of benzene rings is 2. The molecule has 1 saturated heterocycles. The van der Waals surface area contributed by atoms with E-state index in [2.05, 4.69) is 36.6 Å². The SMILES string of the molecule is Cc1cc(C#N)cc(C)c1Oc1ccnc(NC2CCN(Cc3cn(Cc4ccc(S(N)(=O)=O)cc4)nn3)CC2)n1. The summed E-state index contributed by atoms with van der Waals surface area (Å²) in [6.07, 6.45) is 5.43. The number of nitrogens with two attached hydrogens (primary N) is 1. The van der Waals surface area contributed by atoms with E-state index in [4.69, 9.17) is 9.88 Å². The van der Waals surface area contributed by atoms with Crippen molar-refractivity contribution in [3.8, 4) is 17.7 Å². The summed E-state index contributed by atoms with van der Waals surface area (Å²) >= 11 is 0. The molecule has 0 bridgehead atoms. The number of hydrogen-bond donors (Lipinski definition) is 2. The van der Waals surface area contributed by atoms with Crippen LogP contribution >= 0.6 is 0 Å². The van der Waals surface area contributed by atoms with Gasteiger partial charge < -0.3 is 10.1 Å². The van der Waals surface area contributed by atoms with Crippen LogP contribution in [0.1, 0.15) is 40.8 Å². The zero-order chi connectivity index (χ0) is 29.0. The maximum atomic E-state index is 11.4. The Morgan fingerprint density at radius 3 is 2.46 bits per heavy atom. The largest absolute Gasteiger partial charge is 0.438 e. The van der Waals surface area contributed by atoms with Crippen LogP contribution in [0.2, 0.25) is 0 Å². The number of sulfonamides is 1. The molecule has 0 atom stereocenters. The number of primary sulfonamides is 1. The van der Waals surface area contributed by atoms with Gasteiger partial charge in [-0.25, -0.2) is 23.2 Å². The minimum absolute atomic E-state index is 0.0827. The number of nitriles is 1. The van der Waals surface area contributed by atoms with Crippen LogP contribution in [0.4, 0.5) is 5.95 Å². The number of ether oxygens (including phenoxy) is 1. The Hall–Kier alpha value is -4.38. The van der Waals surface area contributed by atoms with Crippen LogP contribution in [0.15, 0.2) is 59.8 Å². The smallest absolute Gasteiger partial charge is 0.238 e. The Labute approximate surface area is 238 Å². The molecule has 4 aromatic rings. The van der Waals surface area contributed by atoms with Gasteiger partial charge in [0.2, 0.25) is 21.9 Å². The maximum absolute atomic E-state index is 11.4. The quantitative estimate of drug-likeness (QED) is 0.304. The predicted molar refractivity (Wildman–Crippen MR) is 152 cm³/mol. The van der Waals surface area contributed by atoms with Gasteiger partial charge >= 0.3 is 0 Å². The lowest BCUT2D eigenvalue weighted by Gasteiger charge is -2.31. The van der Waals surface area contributed by atoms with Crippen molar-refractivity contribution in [1.29, 1.82) is 5.26 Å². The minimum atomic E-state index is -3.71. The molecule has 0 saturated carbocycles. The monoisotopic (exact) mass is 573 g/mol. The lowest BCUT2D eigenvalue weighted by molar-refractivity contribution is 0.208. The third kappa shape index (κ3) is 7.23. The van der Waals surface area contributed by atoms with Crippen LogP contribution in [0, 0.1) is 25.2 Å². The number of aryl methyl sites for hydroxylation is 2. The van der Waals surface area contributed by atoms with E-state index in [1.807, 2.05) is 20.0 Å². The summed E-state index contributed by atoms with van der Waals surface area (Å²) in [5.74, 6) is 1.66. The van der Waals surface area contributed by atoms with Gasteiger partial charge in [-0.15, -0.1) is 5.10 Å². The van der Waals surface area contributed by atoms with Gasteiger partial charge in [-0.2, -0.15) is 10.2 Å². The van der Waals surface area contributed by atoms with Crippen molar-refractivity contribution in [3.05, 3.63) is 82.8 Å². The van der Waals surface area contributed by atoms with Gasteiger partial charge in [-0.3, -0.25) is 4.90 Å². The van der Waals surface area contributed by atoms with Crippen molar-refractivity contribution in [3.63, 3.8) is 0 Å². The van der Waals surface area contributed by atoms with E-state index in [1.165, 1.54) is 12.1 Å². The number of likely N-dealkylation sites (tertiary alicyclic amines) is 1. The molecule has 1 aliphatic rings. The summed E-state index contributed by atoms with van der Waals surface area (Å²) < 4.78 is 30.7. The van der Waals surface area contributed by atoms with Crippen LogP contribution in [-0.2, 0) is 23.1 Å². The van der Waals surface area contributed by atoms with Crippen molar-refractivity contribution in [2.75, 3.05) is 18.4 Å². The lowest BCUT2D eigenvalue weighted by Crippen LogP contribution is -2.39. The Balaban J connectivity index is 1.11. The molecular formula is C28H31N9O3S. The first kappa shape index (κ1) is 28.2. The fourth-order valence-electron chi connectivity index (χ4n) is 4.86. The van der Waals surface area contributed by atoms with Crippen molar-refractivity contribution in [1.82, 2.24) is 29.9 Å². The number of hydrogen-bond acceptors (Lipinski definition) is 10. The third-order valence-electron chi connectivity index (χ3n) is 6.92. The summed E-state index contributed by atoms with van der Waals surface area (Å²) in [4.78, 5) is 11.3. The van der Waals surface area contributed by atoms with Gasteiger partial charge in [0.15, 0.2) is 0 Å². The highest BCUT2D eigenvalue weighted by Crippen LogP contribution is 2.29. The second-order valence-electron chi connectivity index (χ2n) is 10.2. The van der Waals surface area contributed by atoms with Crippen molar-refractivity contribution in [2.24, 2.45) is 5.14 Å². The standard InChI is InChI=1S/C28H31N9O3S/c1-19-13-22(15-29)14-20(2)27(19)40-26-7-10-31-28(33-26)32-23-8-11-36(12-9-23)17-24-18-37(35-34-24)16-21-3-5-25(6-4-21)41(30,38)39/h3-7,10,13-14,18,23H,8-9,11-12,16-17H2,1-2H3,(H2,30,38,39)(H,31,32,33). The van der Waals surface area contributed by atoms with Crippen LogP contribution in [0.3, 0.4) is 0 Å². The van der Waals surface area contributed by atoms with E-state index in [0.29, 0.717) is 36.2 Å². The average Bonchev–Trinajstić information content (AvgIpc) is 3.38. The summed E-state index contributed by atoms with van der Waals surface area (Å²) in [7, 11) is -3.71. The molecule has 2 aromatic carbocycles. The van der Waals surface area contributed by atoms with Gasteiger partial charge in [0.05, 0.1) is 35.0 Å². The highest BCUT2D eigenvalue weighted by molar-refractivity contribution is 7.89. The summed E-state index contributed by atoms with van der Waals surface area (Å²) in [6, 6.07) is 14.1. The molecule has 0 aliphatic carbocycles. The Morgan fingerprint density at radius 2 is 1.80 bits per heavy atom. The predicted octanol–water partition coefficient (Wildman–Crippen LogP) is 3.12. The highest BCUT2D eigenvalue weighted by atomic mass is 32.2. The number of nitrogens with one attached hydrogen (secondary N) is 1. The zero-order valence-electron chi connectivity index (χ0n) is 22.9. The fourth-order valence-corrected chi connectivity index (χ4v) is 5.37. The molecule has 12 nitrogen and oxygen atoms in total. The first-order valence-electron chi connectivity index (χ1n) is 13.2. The molecule has 0 radical (unpaired) electrons. The molecule has 3 N–H and O–H groups in total. The summed E-state index contributed by atoms with van der Waals surface area (Å²) in [5, 5.41) is 26.3. The van der Waals surface area contributed by atoms with E-state index >= 15 is 0 Å². The number of aromatic nitrogens is 5. The normalized spacial score (nSPS) is 14.5. The number of anilines is 1. The molecule has 0 unspecified atom stereocenters. The second kappa shape index (κ2) is 12.0. The van der Waals surface area contributed by atoms with E-state index in [0.717, 1.165) is 48.3 Å². The number of rotatable bonds is 9. The Morgan fingerprint density at radius 1 is 1.10 bits per heavy atom. The molecule has 5 rings (SSSR count). The number of nitrogens with zero attached hydrogens (tertiary/aromatic N) is 7. The van der Waals surface area contributed by atoms with Gasteiger partial charge in [-0.05, 0) is 67.6 Å². The zero-order valence-corrected chi connectivity index (χ0v) is 23.7. The topological polar surface area (TPSA) is 165 Å². The molecule has 1 fully saturated rings.